The second-order valence-corrected chi connectivity index (χ2v) is 6.49. The summed E-state index contributed by atoms with van der Waals surface area (Å²) in [6.07, 6.45) is 3.45. The molecular formula is C15H17NOS2. The van der Waals surface area contributed by atoms with Gasteiger partial charge in [0, 0.05) is 11.8 Å². The highest BCUT2D eigenvalue weighted by atomic mass is 32.2. The van der Waals surface area contributed by atoms with Gasteiger partial charge in [-0.05, 0) is 17.6 Å². The Morgan fingerprint density at radius 1 is 1.42 bits per heavy atom. The number of benzene rings is 1. The van der Waals surface area contributed by atoms with Crippen LogP contribution in [0.1, 0.15) is 19.4 Å². The molecule has 19 heavy (non-hydrogen) atoms. The van der Waals surface area contributed by atoms with E-state index in [-0.39, 0.29) is 11.9 Å². The van der Waals surface area contributed by atoms with E-state index < -0.39 is 0 Å². The van der Waals surface area contributed by atoms with E-state index in [1.54, 1.807) is 22.7 Å². The maximum absolute atomic E-state index is 12.3. The van der Waals surface area contributed by atoms with Crippen LogP contribution in [0.2, 0.25) is 0 Å². The van der Waals surface area contributed by atoms with Gasteiger partial charge in [-0.25, -0.2) is 0 Å². The number of carbonyl (C=O) groups excluding carboxylic acids is 1. The van der Waals surface area contributed by atoms with Crippen LogP contribution in [0.15, 0.2) is 36.4 Å². The van der Waals surface area contributed by atoms with Gasteiger partial charge in [0.25, 0.3) is 5.91 Å². The van der Waals surface area contributed by atoms with Gasteiger partial charge >= 0.3 is 0 Å². The topological polar surface area (TPSA) is 20.3 Å². The average Bonchev–Trinajstić information content (AvgIpc) is 2.79. The lowest BCUT2D eigenvalue weighted by molar-refractivity contribution is -0.123. The van der Waals surface area contributed by atoms with Crippen molar-refractivity contribution in [3.8, 4) is 0 Å². The summed E-state index contributed by atoms with van der Waals surface area (Å²) in [6, 6.07) is 10.0. The zero-order valence-corrected chi connectivity index (χ0v) is 12.7. The van der Waals surface area contributed by atoms with E-state index in [0.29, 0.717) is 10.2 Å². The van der Waals surface area contributed by atoms with Gasteiger partial charge in [0.15, 0.2) is 0 Å². The first-order valence-electron chi connectivity index (χ1n) is 6.32. The van der Waals surface area contributed by atoms with Crippen molar-refractivity contribution in [1.29, 1.82) is 0 Å². The summed E-state index contributed by atoms with van der Waals surface area (Å²) in [5, 5.41) is 0. The molecule has 1 aromatic rings. The molecule has 0 bridgehead atoms. The first kappa shape index (κ1) is 14.3. The number of carbonyl (C=O) groups is 1. The Kier molecular flexibility index (Phi) is 4.77. The Balaban J connectivity index is 2.11. The van der Waals surface area contributed by atoms with Crippen LogP contribution >= 0.6 is 24.0 Å². The van der Waals surface area contributed by atoms with Crippen LogP contribution in [0.25, 0.3) is 6.08 Å². The number of hydrogen-bond acceptors (Lipinski definition) is 3. The van der Waals surface area contributed by atoms with E-state index in [4.69, 9.17) is 12.2 Å². The van der Waals surface area contributed by atoms with Gasteiger partial charge in [-0.3, -0.25) is 9.69 Å². The molecule has 1 aliphatic rings. The molecule has 0 saturated carbocycles. The van der Waals surface area contributed by atoms with E-state index >= 15 is 0 Å². The summed E-state index contributed by atoms with van der Waals surface area (Å²) in [7, 11) is 0. The van der Waals surface area contributed by atoms with Gasteiger partial charge in [-0.1, -0.05) is 68.2 Å². The van der Waals surface area contributed by atoms with Crippen LogP contribution in [0.4, 0.5) is 0 Å². The van der Waals surface area contributed by atoms with Gasteiger partial charge in [0.2, 0.25) is 0 Å². The lowest BCUT2D eigenvalue weighted by Gasteiger charge is -2.25. The standard InChI is InChI=1S/C15H17NOS2/c1-11(2)13-10-19-15(18)16(13)14(17)9-8-12-6-4-3-5-7-12/h3-9,11,13H,10H2,1-2H3/b9-8-/t13-/m1/s1. The fourth-order valence-corrected chi connectivity index (χ4v) is 3.63. The van der Waals surface area contributed by atoms with Gasteiger partial charge in [0.1, 0.15) is 4.32 Å². The molecule has 0 N–H and O–H groups in total. The van der Waals surface area contributed by atoms with Crippen LogP contribution in [0, 0.1) is 5.92 Å². The molecule has 0 aliphatic carbocycles. The number of thiocarbonyl (C=S) groups is 1. The SMILES string of the molecule is CC(C)[C@H]1CSC(=S)N1C(=O)/C=C\c1ccccc1. The predicted molar refractivity (Wildman–Crippen MR) is 86.0 cm³/mol. The molecule has 100 valence electrons. The van der Waals surface area contributed by atoms with Gasteiger partial charge < -0.3 is 0 Å². The minimum Gasteiger partial charge on any atom is -0.290 e. The van der Waals surface area contributed by atoms with E-state index in [9.17, 15) is 4.79 Å². The van der Waals surface area contributed by atoms with Crippen LogP contribution in [0.3, 0.4) is 0 Å². The molecule has 1 aliphatic heterocycles. The molecule has 0 aromatic heterocycles. The number of hydrogen-bond donors (Lipinski definition) is 0. The van der Waals surface area contributed by atoms with Crippen LogP contribution in [0.5, 0.6) is 0 Å². The van der Waals surface area contributed by atoms with E-state index in [1.807, 2.05) is 36.4 Å². The van der Waals surface area contributed by atoms with Crippen molar-refractivity contribution in [3.05, 3.63) is 42.0 Å². The fraction of sp³-hybridized carbons (Fsp3) is 0.333. The molecule has 0 unspecified atom stereocenters. The predicted octanol–water partition coefficient (Wildman–Crippen LogP) is 3.58. The van der Waals surface area contributed by atoms with E-state index in [0.717, 1.165) is 11.3 Å². The summed E-state index contributed by atoms with van der Waals surface area (Å²) >= 11 is 6.87. The Morgan fingerprint density at radius 2 is 2.11 bits per heavy atom. The van der Waals surface area contributed by atoms with Gasteiger partial charge in [0.05, 0.1) is 6.04 Å². The van der Waals surface area contributed by atoms with Gasteiger partial charge in [-0.15, -0.1) is 0 Å². The molecule has 1 atom stereocenters. The molecule has 2 nitrogen and oxygen atoms in total. The summed E-state index contributed by atoms with van der Waals surface area (Å²) < 4.78 is 0.696. The zero-order chi connectivity index (χ0) is 13.8. The second-order valence-electron chi connectivity index (χ2n) is 4.84. The number of rotatable bonds is 3. The Labute approximate surface area is 123 Å². The molecule has 1 heterocycles. The fourth-order valence-electron chi connectivity index (χ4n) is 1.99. The van der Waals surface area contributed by atoms with Crippen LogP contribution in [-0.4, -0.2) is 26.9 Å². The number of amides is 1. The van der Waals surface area contributed by atoms with Crippen molar-refractivity contribution < 1.29 is 4.79 Å². The summed E-state index contributed by atoms with van der Waals surface area (Å²) in [4.78, 5) is 14.0. The van der Waals surface area contributed by atoms with Crippen molar-refractivity contribution in [2.24, 2.45) is 5.92 Å². The van der Waals surface area contributed by atoms with Crippen molar-refractivity contribution in [2.45, 2.75) is 19.9 Å². The summed E-state index contributed by atoms with van der Waals surface area (Å²) in [5.74, 6) is 1.31. The normalized spacial score (nSPS) is 19.6. The van der Waals surface area contributed by atoms with Crippen molar-refractivity contribution in [1.82, 2.24) is 4.90 Å². The Morgan fingerprint density at radius 3 is 2.74 bits per heavy atom. The van der Waals surface area contributed by atoms with E-state index in [1.165, 1.54) is 0 Å². The Bertz CT molecular complexity index is 496. The summed E-state index contributed by atoms with van der Waals surface area (Å²) in [5.41, 5.74) is 1.02. The molecule has 1 amide bonds. The number of nitrogens with zero attached hydrogens (tertiary/aromatic N) is 1. The average molecular weight is 291 g/mol. The molecule has 0 radical (unpaired) electrons. The van der Waals surface area contributed by atoms with E-state index in [2.05, 4.69) is 13.8 Å². The van der Waals surface area contributed by atoms with Crippen LogP contribution in [-0.2, 0) is 4.79 Å². The molecule has 1 aromatic carbocycles. The molecular weight excluding hydrogens is 274 g/mol. The zero-order valence-electron chi connectivity index (χ0n) is 11.1. The molecule has 1 saturated heterocycles. The Hall–Kier alpha value is -1.13. The molecule has 4 heteroatoms. The molecule has 2 rings (SSSR count). The highest BCUT2D eigenvalue weighted by Crippen LogP contribution is 2.29. The first-order chi connectivity index (χ1) is 9.09. The quantitative estimate of drug-likeness (QED) is 0.627. The smallest absolute Gasteiger partial charge is 0.252 e. The van der Waals surface area contributed by atoms with Crippen LogP contribution < -0.4 is 0 Å². The lowest BCUT2D eigenvalue weighted by Crippen LogP contribution is -2.40. The van der Waals surface area contributed by atoms with Gasteiger partial charge in [-0.2, -0.15) is 0 Å². The minimum absolute atomic E-state index is 0.0162. The number of thioether (sulfide) groups is 1. The highest BCUT2D eigenvalue weighted by Gasteiger charge is 2.34. The highest BCUT2D eigenvalue weighted by molar-refractivity contribution is 8.23. The maximum atomic E-state index is 12.3. The minimum atomic E-state index is -0.0162. The van der Waals surface area contributed by atoms with Crippen molar-refractivity contribution in [2.75, 3.05) is 5.75 Å². The third-order valence-electron chi connectivity index (χ3n) is 3.13. The molecule has 0 spiro atoms. The molecule has 1 fully saturated rings. The maximum Gasteiger partial charge on any atom is 0.252 e. The second kappa shape index (κ2) is 6.35. The van der Waals surface area contributed by atoms with Crippen molar-refractivity contribution >= 4 is 40.3 Å². The first-order valence-corrected chi connectivity index (χ1v) is 7.72. The largest absolute Gasteiger partial charge is 0.290 e. The lowest BCUT2D eigenvalue weighted by atomic mass is 10.1. The monoisotopic (exact) mass is 291 g/mol. The van der Waals surface area contributed by atoms with Crippen molar-refractivity contribution in [3.63, 3.8) is 0 Å². The summed E-state index contributed by atoms with van der Waals surface area (Å²) in [6.45, 7) is 4.25. The third-order valence-corrected chi connectivity index (χ3v) is 4.63. The third kappa shape index (κ3) is 3.45.